The van der Waals surface area contributed by atoms with E-state index in [0.29, 0.717) is 28.2 Å². The van der Waals surface area contributed by atoms with Crippen LogP contribution in [0, 0.1) is 17.1 Å². The maximum atomic E-state index is 14.0. The molecule has 0 saturated carbocycles. The third-order valence-electron chi connectivity index (χ3n) is 4.25. The second-order valence-electron chi connectivity index (χ2n) is 6.15. The molecule has 0 amide bonds. The highest BCUT2D eigenvalue weighted by Gasteiger charge is 2.25. The molecule has 1 aliphatic heterocycles. The summed E-state index contributed by atoms with van der Waals surface area (Å²) in [6.07, 6.45) is -0.551. The molecule has 0 fully saturated rings. The summed E-state index contributed by atoms with van der Waals surface area (Å²) in [7, 11) is 0. The van der Waals surface area contributed by atoms with Crippen molar-refractivity contribution in [2.75, 3.05) is 0 Å². The molecule has 5 heteroatoms. The van der Waals surface area contributed by atoms with Gasteiger partial charge in [0.25, 0.3) is 0 Å². The number of hydrogen-bond donors (Lipinski definition) is 0. The van der Waals surface area contributed by atoms with Crippen LogP contribution in [0.25, 0.3) is 0 Å². The fraction of sp³-hybridized carbons (Fsp3) is 0.136. The zero-order valence-corrected chi connectivity index (χ0v) is 14.4. The fourth-order valence-corrected chi connectivity index (χ4v) is 2.98. The van der Waals surface area contributed by atoms with Crippen molar-refractivity contribution in [2.45, 2.75) is 19.5 Å². The van der Waals surface area contributed by atoms with Gasteiger partial charge in [-0.05, 0) is 30.3 Å². The van der Waals surface area contributed by atoms with E-state index in [1.165, 1.54) is 12.1 Å². The Morgan fingerprint density at radius 1 is 1.07 bits per heavy atom. The summed E-state index contributed by atoms with van der Waals surface area (Å²) in [5, 5.41) is 8.99. The lowest BCUT2D eigenvalue weighted by atomic mass is 10.1. The third kappa shape index (κ3) is 3.76. The molecule has 4 nitrogen and oxygen atoms in total. The molecule has 1 heterocycles. The molecule has 0 aromatic heterocycles. The highest BCUT2D eigenvalue weighted by Crippen LogP contribution is 2.37. The summed E-state index contributed by atoms with van der Waals surface area (Å²) < 4.78 is 31.5. The average Bonchev–Trinajstić information content (AvgIpc) is 2.72. The SMILES string of the molecule is N#Cc1cccc(OCc2cc(F)cc3c2O[C@@H](c2ccccc2)OC3)c1. The maximum absolute atomic E-state index is 14.0. The average molecular weight is 361 g/mol. The Bertz CT molecular complexity index is 998. The minimum atomic E-state index is -0.551. The van der Waals surface area contributed by atoms with Gasteiger partial charge >= 0.3 is 0 Å². The van der Waals surface area contributed by atoms with Gasteiger partial charge in [-0.1, -0.05) is 36.4 Å². The second kappa shape index (κ2) is 7.48. The smallest absolute Gasteiger partial charge is 0.227 e. The molecular weight excluding hydrogens is 345 g/mol. The zero-order valence-electron chi connectivity index (χ0n) is 14.4. The van der Waals surface area contributed by atoms with Crippen LogP contribution in [0.2, 0.25) is 0 Å². The van der Waals surface area contributed by atoms with Gasteiger partial charge in [0.15, 0.2) is 0 Å². The molecule has 3 aromatic rings. The van der Waals surface area contributed by atoms with Crippen molar-refractivity contribution in [3.05, 3.63) is 94.8 Å². The molecule has 0 unspecified atom stereocenters. The van der Waals surface area contributed by atoms with E-state index >= 15 is 0 Å². The van der Waals surface area contributed by atoms with Crippen molar-refractivity contribution in [3.8, 4) is 17.6 Å². The lowest BCUT2D eigenvalue weighted by molar-refractivity contribution is -0.112. The number of hydrogen-bond acceptors (Lipinski definition) is 4. The van der Waals surface area contributed by atoms with Gasteiger partial charge in [0.05, 0.1) is 18.2 Å². The number of ether oxygens (including phenoxy) is 3. The topological polar surface area (TPSA) is 51.5 Å². The Balaban J connectivity index is 1.58. The Morgan fingerprint density at radius 2 is 1.93 bits per heavy atom. The molecule has 3 aromatic carbocycles. The van der Waals surface area contributed by atoms with E-state index in [4.69, 9.17) is 19.5 Å². The van der Waals surface area contributed by atoms with Crippen LogP contribution in [-0.2, 0) is 18.0 Å². The molecule has 0 N–H and O–H groups in total. The van der Waals surface area contributed by atoms with Crippen molar-refractivity contribution in [3.63, 3.8) is 0 Å². The molecule has 0 bridgehead atoms. The van der Waals surface area contributed by atoms with Crippen LogP contribution in [0.15, 0.2) is 66.7 Å². The maximum Gasteiger partial charge on any atom is 0.227 e. The molecule has 0 radical (unpaired) electrons. The molecule has 27 heavy (non-hydrogen) atoms. The molecule has 0 aliphatic carbocycles. The van der Waals surface area contributed by atoms with Crippen molar-refractivity contribution in [1.82, 2.24) is 0 Å². The van der Waals surface area contributed by atoms with Gasteiger partial charge in [0, 0.05) is 16.7 Å². The number of benzene rings is 3. The number of fused-ring (bicyclic) bond motifs is 1. The standard InChI is InChI=1S/C22H16FNO3/c23-19-10-17(13-25-20-8-4-5-15(9-20)12-24)21-18(11-19)14-26-22(27-21)16-6-2-1-3-7-16/h1-11,22H,13-14H2/t22-/m0/s1. The second-order valence-corrected chi connectivity index (χ2v) is 6.15. The quantitative estimate of drug-likeness (QED) is 0.664. The first-order valence-corrected chi connectivity index (χ1v) is 8.50. The van der Waals surface area contributed by atoms with Gasteiger partial charge in [0.1, 0.15) is 23.9 Å². The Kier molecular flexibility index (Phi) is 4.73. The summed E-state index contributed by atoms with van der Waals surface area (Å²) in [5.74, 6) is 0.746. The van der Waals surface area contributed by atoms with E-state index in [1.54, 1.807) is 24.3 Å². The van der Waals surface area contributed by atoms with E-state index in [9.17, 15) is 4.39 Å². The van der Waals surface area contributed by atoms with Crippen LogP contribution in [0.5, 0.6) is 11.5 Å². The van der Waals surface area contributed by atoms with Crippen molar-refractivity contribution >= 4 is 0 Å². The van der Waals surface area contributed by atoms with Crippen LogP contribution >= 0.6 is 0 Å². The molecule has 0 spiro atoms. The van der Waals surface area contributed by atoms with Gasteiger partial charge in [0.2, 0.25) is 6.29 Å². The minimum absolute atomic E-state index is 0.122. The molecular formula is C22H16FNO3. The van der Waals surface area contributed by atoms with E-state index in [0.717, 1.165) is 5.56 Å². The van der Waals surface area contributed by atoms with Gasteiger partial charge in [-0.15, -0.1) is 0 Å². The molecule has 134 valence electrons. The highest BCUT2D eigenvalue weighted by molar-refractivity contribution is 5.43. The summed E-state index contributed by atoms with van der Waals surface area (Å²) in [4.78, 5) is 0. The number of halogens is 1. The van der Waals surface area contributed by atoms with E-state index in [1.807, 2.05) is 30.3 Å². The van der Waals surface area contributed by atoms with E-state index in [2.05, 4.69) is 6.07 Å². The minimum Gasteiger partial charge on any atom is -0.489 e. The predicted octanol–water partition coefficient (Wildman–Crippen LogP) is 4.88. The van der Waals surface area contributed by atoms with Crippen LogP contribution in [-0.4, -0.2) is 0 Å². The third-order valence-corrected chi connectivity index (χ3v) is 4.25. The molecule has 1 atom stereocenters. The van der Waals surface area contributed by atoms with E-state index in [-0.39, 0.29) is 19.0 Å². The van der Waals surface area contributed by atoms with Gasteiger partial charge in [-0.25, -0.2) is 4.39 Å². The van der Waals surface area contributed by atoms with Crippen molar-refractivity contribution < 1.29 is 18.6 Å². The normalized spacial score (nSPS) is 15.3. The van der Waals surface area contributed by atoms with Crippen LogP contribution in [0.3, 0.4) is 0 Å². The number of nitriles is 1. The first-order valence-electron chi connectivity index (χ1n) is 8.50. The summed E-state index contributed by atoms with van der Waals surface area (Å²) in [6.45, 7) is 0.375. The first kappa shape index (κ1) is 17.1. The monoisotopic (exact) mass is 361 g/mol. The summed E-state index contributed by atoms with van der Waals surface area (Å²) in [5.41, 5.74) is 2.63. The van der Waals surface area contributed by atoms with Crippen molar-refractivity contribution in [1.29, 1.82) is 5.26 Å². The van der Waals surface area contributed by atoms with Gasteiger partial charge in [-0.3, -0.25) is 0 Å². The number of rotatable bonds is 4. The molecule has 1 aliphatic rings. The Morgan fingerprint density at radius 3 is 2.74 bits per heavy atom. The Hall–Kier alpha value is -3.36. The van der Waals surface area contributed by atoms with Crippen LogP contribution in [0.1, 0.15) is 28.5 Å². The fourth-order valence-electron chi connectivity index (χ4n) is 2.98. The first-order chi connectivity index (χ1) is 13.2. The molecule has 0 saturated heterocycles. The molecule has 4 rings (SSSR count). The van der Waals surface area contributed by atoms with Gasteiger partial charge < -0.3 is 14.2 Å². The van der Waals surface area contributed by atoms with Gasteiger partial charge in [-0.2, -0.15) is 5.26 Å². The van der Waals surface area contributed by atoms with E-state index < -0.39 is 6.29 Å². The lowest BCUT2D eigenvalue weighted by Gasteiger charge is -2.28. The van der Waals surface area contributed by atoms with Crippen molar-refractivity contribution in [2.24, 2.45) is 0 Å². The van der Waals surface area contributed by atoms with Crippen LogP contribution in [0.4, 0.5) is 4.39 Å². The summed E-state index contributed by atoms with van der Waals surface area (Å²) >= 11 is 0. The zero-order chi connectivity index (χ0) is 18.6. The largest absolute Gasteiger partial charge is 0.489 e. The summed E-state index contributed by atoms with van der Waals surface area (Å²) in [6, 6.07) is 21.3. The lowest BCUT2D eigenvalue weighted by Crippen LogP contribution is -2.19. The predicted molar refractivity (Wildman–Crippen MR) is 96.5 cm³/mol. The number of nitrogens with zero attached hydrogens (tertiary/aromatic N) is 1. The van der Waals surface area contributed by atoms with Crippen LogP contribution < -0.4 is 9.47 Å². The highest BCUT2D eigenvalue weighted by atomic mass is 19.1. The Labute approximate surface area is 156 Å².